The minimum Gasteiger partial charge on any atom is -0.362 e. The van der Waals surface area contributed by atoms with Crippen molar-refractivity contribution < 1.29 is 4.79 Å². The Bertz CT molecular complexity index is 734. The monoisotopic (exact) mass is 324 g/mol. The number of aryl methyl sites for hydroxylation is 1. The number of rotatable bonds is 5. The van der Waals surface area contributed by atoms with Gasteiger partial charge in [-0.1, -0.05) is 18.2 Å². The van der Waals surface area contributed by atoms with Crippen LogP contribution in [0, 0.1) is 5.92 Å². The van der Waals surface area contributed by atoms with Crippen LogP contribution in [0.25, 0.3) is 0 Å². The van der Waals surface area contributed by atoms with E-state index in [4.69, 9.17) is 0 Å². The first-order chi connectivity index (χ1) is 11.7. The maximum absolute atomic E-state index is 12.6. The lowest BCUT2D eigenvalue weighted by molar-refractivity contribution is -0.115. The Labute approximate surface area is 142 Å². The smallest absolute Gasteiger partial charge is 0.245 e. The molecule has 1 unspecified atom stereocenters. The van der Waals surface area contributed by atoms with E-state index < -0.39 is 0 Å². The SMILES string of the molecule is CC(C1CC1)n1nccc1NC(=O)CN1CCCc2ccccc21. The molecule has 0 spiro atoms. The molecule has 0 saturated heterocycles. The van der Waals surface area contributed by atoms with Gasteiger partial charge in [0.05, 0.1) is 18.8 Å². The molecule has 1 N–H and O–H groups in total. The zero-order valence-electron chi connectivity index (χ0n) is 14.1. The number of nitrogens with one attached hydrogen (secondary N) is 1. The van der Waals surface area contributed by atoms with E-state index in [9.17, 15) is 4.79 Å². The minimum absolute atomic E-state index is 0.0245. The van der Waals surface area contributed by atoms with Gasteiger partial charge in [-0.15, -0.1) is 0 Å². The standard InChI is InChI=1S/C19H24N4O/c1-14(15-8-9-15)23-18(10-11-20-23)21-19(24)13-22-12-4-6-16-5-2-3-7-17(16)22/h2-3,5,7,10-11,14-15H,4,6,8-9,12-13H2,1H3,(H,21,24). The van der Waals surface area contributed by atoms with Crippen LogP contribution < -0.4 is 10.2 Å². The van der Waals surface area contributed by atoms with Gasteiger partial charge in [0.25, 0.3) is 0 Å². The number of fused-ring (bicyclic) bond motifs is 1. The summed E-state index contributed by atoms with van der Waals surface area (Å²) in [6, 6.07) is 10.6. The van der Waals surface area contributed by atoms with Crippen molar-refractivity contribution in [3.05, 3.63) is 42.1 Å². The van der Waals surface area contributed by atoms with Crippen molar-refractivity contribution >= 4 is 17.4 Å². The third-order valence-corrected chi connectivity index (χ3v) is 5.17. The molecule has 1 aliphatic carbocycles. The summed E-state index contributed by atoms with van der Waals surface area (Å²) in [5, 5.41) is 7.45. The average molecular weight is 324 g/mol. The molecule has 24 heavy (non-hydrogen) atoms. The zero-order valence-corrected chi connectivity index (χ0v) is 14.1. The van der Waals surface area contributed by atoms with Crippen LogP contribution >= 0.6 is 0 Å². The zero-order chi connectivity index (χ0) is 16.5. The molecule has 1 amide bonds. The molecular formula is C19H24N4O. The van der Waals surface area contributed by atoms with Crippen molar-refractivity contribution in [2.24, 2.45) is 5.92 Å². The van der Waals surface area contributed by atoms with E-state index in [1.807, 2.05) is 16.8 Å². The molecule has 2 aromatic rings. The van der Waals surface area contributed by atoms with E-state index in [0.717, 1.165) is 25.2 Å². The molecule has 126 valence electrons. The van der Waals surface area contributed by atoms with E-state index in [-0.39, 0.29) is 5.91 Å². The third-order valence-electron chi connectivity index (χ3n) is 5.17. The van der Waals surface area contributed by atoms with Gasteiger partial charge < -0.3 is 10.2 Å². The third kappa shape index (κ3) is 3.03. The second-order valence-corrected chi connectivity index (χ2v) is 6.94. The van der Waals surface area contributed by atoms with Crippen molar-refractivity contribution in [1.29, 1.82) is 0 Å². The summed E-state index contributed by atoms with van der Waals surface area (Å²) in [6.07, 6.45) is 6.49. The number of benzene rings is 1. The minimum atomic E-state index is 0.0245. The molecule has 1 atom stereocenters. The van der Waals surface area contributed by atoms with Crippen molar-refractivity contribution in [1.82, 2.24) is 9.78 Å². The number of nitrogens with zero attached hydrogens (tertiary/aromatic N) is 3. The Hall–Kier alpha value is -2.30. The molecule has 0 radical (unpaired) electrons. The molecule has 1 aromatic heterocycles. The van der Waals surface area contributed by atoms with Crippen LogP contribution in [0.3, 0.4) is 0 Å². The Morgan fingerprint density at radius 1 is 1.33 bits per heavy atom. The topological polar surface area (TPSA) is 50.2 Å². The summed E-state index contributed by atoms with van der Waals surface area (Å²) in [6.45, 7) is 3.50. The molecule has 2 heterocycles. The molecule has 1 aromatic carbocycles. The fourth-order valence-electron chi connectivity index (χ4n) is 3.65. The van der Waals surface area contributed by atoms with Gasteiger partial charge in [-0.2, -0.15) is 5.10 Å². The van der Waals surface area contributed by atoms with Crippen molar-refractivity contribution in [3.8, 4) is 0 Å². The quantitative estimate of drug-likeness (QED) is 0.918. The van der Waals surface area contributed by atoms with Crippen molar-refractivity contribution in [2.75, 3.05) is 23.3 Å². The first-order valence-electron chi connectivity index (χ1n) is 8.88. The highest BCUT2D eigenvalue weighted by Gasteiger charge is 2.31. The van der Waals surface area contributed by atoms with Gasteiger partial charge in [-0.3, -0.25) is 4.79 Å². The highest BCUT2D eigenvalue weighted by molar-refractivity contribution is 5.93. The summed E-state index contributed by atoms with van der Waals surface area (Å²) in [5.74, 6) is 1.54. The van der Waals surface area contributed by atoms with Crippen LogP contribution in [0.1, 0.15) is 37.8 Å². The molecule has 1 saturated carbocycles. The number of carbonyl (C=O) groups is 1. The number of anilines is 2. The van der Waals surface area contributed by atoms with Gasteiger partial charge in [0.15, 0.2) is 0 Å². The summed E-state index contributed by atoms with van der Waals surface area (Å²) in [5.41, 5.74) is 2.53. The van der Waals surface area contributed by atoms with Crippen LogP contribution in [0.4, 0.5) is 11.5 Å². The van der Waals surface area contributed by atoms with Crippen molar-refractivity contribution in [3.63, 3.8) is 0 Å². The summed E-state index contributed by atoms with van der Waals surface area (Å²) in [7, 11) is 0. The maximum Gasteiger partial charge on any atom is 0.245 e. The molecule has 4 rings (SSSR count). The Kier molecular flexibility index (Phi) is 4.00. The van der Waals surface area contributed by atoms with Gasteiger partial charge in [-0.05, 0) is 50.2 Å². The number of hydrogen-bond acceptors (Lipinski definition) is 3. The lowest BCUT2D eigenvalue weighted by Crippen LogP contribution is -2.37. The van der Waals surface area contributed by atoms with Crippen LogP contribution in [-0.2, 0) is 11.2 Å². The molecule has 0 bridgehead atoms. The largest absolute Gasteiger partial charge is 0.362 e. The fourth-order valence-corrected chi connectivity index (χ4v) is 3.65. The second kappa shape index (κ2) is 6.30. The van der Waals surface area contributed by atoms with Crippen LogP contribution in [0.5, 0.6) is 0 Å². The molecule has 5 nitrogen and oxygen atoms in total. The number of hydrogen-bond donors (Lipinski definition) is 1. The maximum atomic E-state index is 12.6. The van der Waals surface area contributed by atoms with Crippen molar-refractivity contribution in [2.45, 2.75) is 38.6 Å². The van der Waals surface area contributed by atoms with Crippen LogP contribution in [0.15, 0.2) is 36.5 Å². The first-order valence-corrected chi connectivity index (χ1v) is 8.88. The fraction of sp³-hybridized carbons (Fsp3) is 0.474. The van der Waals surface area contributed by atoms with E-state index in [0.29, 0.717) is 18.5 Å². The van der Waals surface area contributed by atoms with E-state index in [2.05, 4.69) is 40.4 Å². The lowest BCUT2D eigenvalue weighted by atomic mass is 10.0. The molecule has 2 aliphatic rings. The predicted molar refractivity (Wildman–Crippen MR) is 95.3 cm³/mol. The Morgan fingerprint density at radius 3 is 3.00 bits per heavy atom. The summed E-state index contributed by atoms with van der Waals surface area (Å²) in [4.78, 5) is 14.7. The molecule has 1 fully saturated rings. The highest BCUT2D eigenvalue weighted by atomic mass is 16.2. The average Bonchev–Trinajstić information content (AvgIpc) is 3.35. The number of para-hydroxylation sites is 1. The molecule has 1 aliphatic heterocycles. The van der Waals surface area contributed by atoms with Gasteiger partial charge in [0.1, 0.15) is 5.82 Å². The normalized spacial score (nSPS) is 18.1. The lowest BCUT2D eigenvalue weighted by Gasteiger charge is -2.30. The number of carbonyl (C=O) groups excluding carboxylic acids is 1. The summed E-state index contributed by atoms with van der Waals surface area (Å²) < 4.78 is 1.96. The van der Waals surface area contributed by atoms with E-state index >= 15 is 0 Å². The van der Waals surface area contributed by atoms with Gasteiger partial charge in [0.2, 0.25) is 5.91 Å². The van der Waals surface area contributed by atoms with Gasteiger partial charge in [-0.25, -0.2) is 4.68 Å². The van der Waals surface area contributed by atoms with Crippen LogP contribution in [-0.4, -0.2) is 28.8 Å². The van der Waals surface area contributed by atoms with Gasteiger partial charge >= 0.3 is 0 Å². The Morgan fingerprint density at radius 2 is 2.17 bits per heavy atom. The number of amides is 1. The predicted octanol–water partition coefficient (Wildman–Crippen LogP) is 3.25. The summed E-state index contributed by atoms with van der Waals surface area (Å²) >= 11 is 0. The Balaban J connectivity index is 1.44. The highest BCUT2D eigenvalue weighted by Crippen LogP contribution is 2.40. The van der Waals surface area contributed by atoms with E-state index in [1.54, 1.807) is 6.20 Å². The van der Waals surface area contributed by atoms with Gasteiger partial charge in [0, 0.05) is 18.3 Å². The first kappa shape index (κ1) is 15.2. The van der Waals surface area contributed by atoms with Crippen LogP contribution in [0.2, 0.25) is 0 Å². The molecular weight excluding hydrogens is 300 g/mol. The second-order valence-electron chi connectivity index (χ2n) is 6.94. The number of aromatic nitrogens is 2. The molecule has 5 heteroatoms. The van der Waals surface area contributed by atoms with E-state index in [1.165, 1.54) is 24.1 Å².